The maximum Gasteiger partial charge on any atom is 0.310 e. The van der Waals surface area contributed by atoms with E-state index in [9.17, 15) is 19.2 Å². The number of rotatable bonds is 3. The number of furan rings is 1. The molecule has 1 aromatic heterocycles. The normalized spacial score (nSPS) is 38.8. The summed E-state index contributed by atoms with van der Waals surface area (Å²) in [5, 5.41) is 0. The molecule has 8 nitrogen and oxygen atoms in total. The van der Waals surface area contributed by atoms with Crippen LogP contribution in [0.3, 0.4) is 0 Å². The minimum Gasteiger partial charge on any atom is -0.472 e. The Labute approximate surface area is 187 Å². The number of ether oxygens (including phenoxy) is 2. The Morgan fingerprint density at radius 1 is 1.19 bits per heavy atom. The second kappa shape index (κ2) is 7.74. The van der Waals surface area contributed by atoms with Gasteiger partial charge in [-0.2, -0.15) is 0 Å². The van der Waals surface area contributed by atoms with Gasteiger partial charge in [-0.25, -0.2) is 0 Å². The fraction of sp³-hybridized carbons (Fsp3) is 0.667. The molecular formula is C24H31NO7. The molecule has 2 saturated carbocycles. The highest BCUT2D eigenvalue weighted by Gasteiger charge is 2.67. The zero-order valence-electron chi connectivity index (χ0n) is 19.3. The van der Waals surface area contributed by atoms with E-state index in [1.165, 1.54) is 18.1 Å². The van der Waals surface area contributed by atoms with Crippen molar-refractivity contribution in [2.24, 2.45) is 28.6 Å². The molecule has 0 radical (unpaired) electrons. The third kappa shape index (κ3) is 3.35. The van der Waals surface area contributed by atoms with E-state index in [1.807, 2.05) is 13.8 Å². The molecule has 3 aliphatic rings. The SMILES string of the molecule is CC(=O)O[C@H]1C[C@@H](C(=O)N(C)C)[C@]2(C)CC[C@H]3C(=O)O[C@H](c4ccoc4)C[C@]3(C)[C@H]2C1=O. The van der Waals surface area contributed by atoms with E-state index in [-0.39, 0.29) is 24.1 Å². The Kier molecular flexibility index (Phi) is 5.46. The molecule has 7 atom stereocenters. The molecule has 8 heteroatoms. The molecule has 32 heavy (non-hydrogen) atoms. The first kappa shape index (κ1) is 22.6. The summed E-state index contributed by atoms with van der Waals surface area (Å²) in [6, 6.07) is 1.76. The Morgan fingerprint density at radius 3 is 2.50 bits per heavy atom. The number of ketones is 1. The number of amides is 1. The van der Waals surface area contributed by atoms with Gasteiger partial charge in [-0.15, -0.1) is 0 Å². The molecule has 2 heterocycles. The van der Waals surface area contributed by atoms with Crippen molar-refractivity contribution in [3.05, 3.63) is 24.2 Å². The maximum atomic E-state index is 13.8. The lowest BCUT2D eigenvalue weighted by Crippen LogP contribution is -2.65. The fourth-order valence-electron chi connectivity index (χ4n) is 6.65. The minimum atomic E-state index is -1.000. The van der Waals surface area contributed by atoms with Gasteiger partial charge in [0.25, 0.3) is 0 Å². The summed E-state index contributed by atoms with van der Waals surface area (Å²) in [5.41, 5.74) is -0.657. The number of fused-ring (bicyclic) bond motifs is 3. The van der Waals surface area contributed by atoms with Gasteiger partial charge in [0, 0.05) is 44.8 Å². The molecule has 3 fully saturated rings. The third-order valence-corrected chi connectivity index (χ3v) is 8.06. The lowest BCUT2D eigenvalue weighted by atomic mass is 9.43. The molecule has 2 aliphatic carbocycles. The number of hydrogen-bond donors (Lipinski definition) is 0. The number of Topliss-reactive ketones (excluding diaryl/α,β-unsaturated/α-hetero) is 1. The lowest BCUT2D eigenvalue weighted by Gasteiger charge is -2.61. The van der Waals surface area contributed by atoms with Crippen molar-refractivity contribution in [2.45, 2.75) is 58.7 Å². The average molecular weight is 446 g/mol. The van der Waals surface area contributed by atoms with Crippen LogP contribution in [0.25, 0.3) is 0 Å². The van der Waals surface area contributed by atoms with E-state index >= 15 is 0 Å². The van der Waals surface area contributed by atoms with E-state index in [0.717, 1.165) is 5.56 Å². The predicted molar refractivity (Wildman–Crippen MR) is 112 cm³/mol. The summed E-state index contributed by atoms with van der Waals surface area (Å²) in [6.45, 7) is 5.21. The molecule has 0 spiro atoms. The average Bonchev–Trinajstić information content (AvgIpc) is 3.23. The summed E-state index contributed by atoms with van der Waals surface area (Å²) in [4.78, 5) is 53.5. The third-order valence-electron chi connectivity index (χ3n) is 8.06. The smallest absolute Gasteiger partial charge is 0.310 e. The van der Waals surface area contributed by atoms with Gasteiger partial charge in [-0.1, -0.05) is 13.8 Å². The molecule has 174 valence electrons. The van der Waals surface area contributed by atoms with Crippen molar-refractivity contribution < 1.29 is 33.1 Å². The number of carbonyl (C=O) groups is 4. The van der Waals surface area contributed by atoms with Crippen LogP contribution in [0.5, 0.6) is 0 Å². The van der Waals surface area contributed by atoms with Crippen molar-refractivity contribution in [1.82, 2.24) is 4.90 Å². The maximum absolute atomic E-state index is 13.8. The highest BCUT2D eigenvalue weighted by Crippen LogP contribution is 2.65. The van der Waals surface area contributed by atoms with Crippen LogP contribution in [0.4, 0.5) is 0 Å². The van der Waals surface area contributed by atoms with Gasteiger partial charge in [0.1, 0.15) is 6.10 Å². The molecule has 0 aromatic carbocycles. The summed E-state index contributed by atoms with van der Waals surface area (Å²) in [5.74, 6) is -2.74. The molecule has 1 amide bonds. The molecular weight excluding hydrogens is 414 g/mol. The van der Waals surface area contributed by atoms with Crippen molar-refractivity contribution in [2.75, 3.05) is 14.1 Å². The monoisotopic (exact) mass is 445 g/mol. The quantitative estimate of drug-likeness (QED) is 0.659. The highest BCUT2D eigenvalue weighted by molar-refractivity contribution is 5.93. The van der Waals surface area contributed by atoms with Crippen LogP contribution >= 0.6 is 0 Å². The van der Waals surface area contributed by atoms with Crippen LogP contribution < -0.4 is 0 Å². The Balaban J connectivity index is 1.80. The fourth-order valence-corrected chi connectivity index (χ4v) is 6.65. The summed E-state index contributed by atoms with van der Waals surface area (Å²) < 4.78 is 16.4. The lowest BCUT2D eigenvalue weighted by molar-refractivity contribution is -0.208. The first-order chi connectivity index (χ1) is 15.0. The van der Waals surface area contributed by atoms with Crippen LogP contribution in [-0.4, -0.2) is 48.7 Å². The molecule has 1 aliphatic heterocycles. The van der Waals surface area contributed by atoms with Gasteiger partial charge >= 0.3 is 11.9 Å². The van der Waals surface area contributed by atoms with Gasteiger partial charge in [0.2, 0.25) is 5.91 Å². The largest absolute Gasteiger partial charge is 0.472 e. The first-order valence-corrected chi connectivity index (χ1v) is 11.1. The number of cyclic esters (lactones) is 1. The van der Waals surface area contributed by atoms with Gasteiger partial charge in [-0.3, -0.25) is 19.2 Å². The van der Waals surface area contributed by atoms with Crippen LogP contribution in [0, 0.1) is 28.6 Å². The molecule has 0 N–H and O–H groups in total. The molecule has 0 bridgehead atoms. The zero-order valence-corrected chi connectivity index (χ0v) is 19.3. The highest BCUT2D eigenvalue weighted by atomic mass is 16.6. The van der Waals surface area contributed by atoms with Crippen LogP contribution in [0.15, 0.2) is 23.0 Å². The van der Waals surface area contributed by atoms with E-state index in [2.05, 4.69) is 0 Å². The summed E-state index contributed by atoms with van der Waals surface area (Å²) >= 11 is 0. The van der Waals surface area contributed by atoms with Gasteiger partial charge < -0.3 is 18.8 Å². The zero-order chi connectivity index (χ0) is 23.4. The molecule has 1 saturated heterocycles. The molecule has 1 aromatic rings. The number of hydrogen-bond acceptors (Lipinski definition) is 7. The number of carbonyl (C=O) groups excluding carboxylic acids is 4. The van der Waals surface area contributed by atoms with Gasteiger partial charge in [0.05, 0.1) is 18.4 Å². The van der Waals surface area contributed by atoms with Gasteiger partial charge in [-0.05, 0) is 36.2 Å². The number of esters is 2. The number of nitrogens with zero attached hydrogens (tertiary/aromatic N) is 1. The first-order valence-electron chi connectivity index (χ1n) is 11.1. The standard InChI is InChI=1S/C24H31NO7/c1-13(26)31-17-10-16(21(28)25(4)5)23(2)8-6-15-22(29)32-18(14-7-9-30-12-14)11-24(15,3)20(23)19(17)27/h7,9,12,15-18,20H,6,8,10-11H2,1-5H3/t15-,16-,17-,18-,20-,23-,24-/m0/s1. The van der Waals surface area contributed by atoms with Gasteiger partial charge in [0.15, 0.2) is 11.9 Å². The Hall–Kier alpha value is -2.64. The van der Waals surface area contributed by atoms with E-state index in [1.54, 1.807) is 26.4 Å². The predicted octanol–water partition coefficient (Wildman–Crippen LogP) is 2.92. The topological polar surface area (TPSA) is 103 Å². The molecule has 0 unspecified atom stereocenters. The van der Waals surface area contributed by atoms with Crippen LogP contribution in [0.2, 0.25) is 0 Å². The van der Waals surface area contributed by atoms with Crippen molar-refractivity contribution in [3.63, 3.8) is 0 Å². The second-order valence-electron chi connectivity index (χ2n) is 10.2. The Bertz CT molecular complexity index is 938. The molecule has 4 rings (SSSR count). The van der Waals surface area contributed by atoms with E-state index in [0.29, 0.717) is 19.3 Å². The minimum absolute atomic E-state index is 0.0889. The van der Waals surface area contributed by atoms with Crippen LogP contribution in [-0.2, 0) is 28.7 Å². The van der Waals surface area contributed by atoms with Crippen molar-refractivity contribution in [1.29, 1.82) is 0 Å². The van der Waals surface area contributed by atoms with Crippen molar-refractivity contribution in [3.8, 4) is 0 Å². The van der Waals surface area contributed by atoms with E-state index < -0.39 is 46.8 Å². The van der Waals surface area contributed by atoms with E-state index in [4.69, 9.17) is 13.9 Å². The second-order valence-corrected chi connectivity index (χ2v) is 10.2. The summed E-state index contributed by atoms with van der Waals surface area (Å²) in [7, 11) is 3.39. The Morgan fingerprint density at radius 2 is 1.91 bits per heavy atom. The summed E-state index contributed by atoms with van der Waals surface area (Å²) in [6.07, 6.45) is 3.23. The van der Waals surface area contributed by atoms with Crippen molar-refractivity contribution >= 4 is 23.6 Å². The van der Waals surface area contributed by atoms with Crippen LogP contribution in [0.1, 0.15) is 58.1 Å².